The van der Waals surface area contributed by atoms with Crippen molar-refractivity contribution in [2.75, 3.05) is 13.2 Å². The minimum Gasteiger partial charge on any atom is -0.480 e. The Kier molecular flexibility index (Phi) is 12.7. The second-order valence-corrected chi connectivity index (χ2v) is 7.70. The van der Waals surface area contributed by atoms with Gasteiger partial charge in [-0.25, -0.2) is 19.2 Å². The zero-order valence-electron chi connectivity index (χ0n) is 21.2. The van der Waals surface area contributed by atoms with Crippen LogP contribution in [-0.4, -0.2) is 91.5 Å². The Morgan fingerprint density at radius 2 is 1.10 bits per heavy atom. The molecule has 0 aliphatic carbocycles. The molecule has 2 aromatic rings. The monoisotopic (exact) mass is 548 g/mol. The number of carbonyl (C=O) groups excluding carboxylic acids is 4. The second-order valence-electron chi connectivity index (χ2n) is 7.70. The molecule has 0 heterocycles. The number of rotatable bonds is 8. The first-order chi connectivity index (χ1) is 18.3. The molecule has 2 amide bonds. The molecule has 14 nitrogen and oxygen atoms in total. The number of aryl methyl sites for hydroxylation is 1. The Labute approximate surface area is 222 Å². The third-order valence-electron chi connectivity index (χ3n) is 4.84. The third kappa shape index (κ3) is 9.53. The molecule has 0 fully saturated rings. The van der Waals surface area contributed by atoms with Gasteiger partial charge in [-0.2, -0.15) is 10.1 Å². The fourth-order valence-electron chi connectivity index (χ4n) is 2.86. The van der Waals surface area contributed by atoms with Gasteiger partial charge in [0, 0.05) is 13.8 Å². The average molecular weight is 549 g/mol. The van der Waals surface area contributed by atoms with E-state index in [0.29, 0.717) is 15.7 Å². The van der Waals surface area contributed by atoms with Gasteiger partial charge in [0.15, 0.2) is 12.1 Å². The topological polar surface area (TPSA) is 208 Å². The predicted octanol–water partition coefficient (Wildman–Crippen LogP) is 0.413. The molecule has 0 bridgehead atoms. The summed E-state index contributed by atoms with van der Waals surface area (Å²) in [6, 6.07) is 11.0. The number of aliphatic hydroxyl groups is 2. The number of amides is 2. The smallest absolute Gasteiger partial charge is 0.363 e. The molecule has 2 aromatic carbocycles. The molecular formula is C25H28N2O12. The fourth-order valence-corrected chi connectivity index (χ4v) is 2.86. The van der Waals surface area contributed by atoms with Crippen LogP contribution in [0.25, 0.3) is 0 Å². The molecule has 0 aliphatic heterocycles. The number of aliphatic hydroxyl groups excluding tert-OH is 2. The maximum Gasteiger partial charge on any atom is 0.363 e. The van der Waals surface area contributed by atoms with Gasteiger partial charge in [0.25, 0.3) is 11.8 Å². The maximum atomic E-state index is 11.9. The summed E-state index contributed by atoms with van der Waals surface area (Å²) in [6.45, 7) is 2.02. The first-order valence-corrected chi connectivity index (χ1v) is 11.2. The Hall–Kier alpha value is -4.82. The molecule has 0 saturated carbocycles. The number of carboxylic acid groups (broad SMARTS) is 2. The number of hydrogen-bond acceptors (Lipinski definition) is 10. The van der Waals surface area contributed by atoms with Crippen LogP contribution in [0, 0.1) is 6.92 Å². The molecule has 210 valence electrons. The molecule has 2 atom stereocenters. The van der Waals surface area contributed by atoms with E-state index in [1.165, 1.54) is 18.2 Å². The lowest BCUT2D eigenvalue weighted by atomic mass is 10.1. The van der Waals surface area contributed by atoms with Crippen LogP contribution in [0.5, 0.6) is 0 Å². The van der Waals surface area contributed by atoms with Gasteiger partial charge in [-0.1, -0.05) is 36.4 Å². The summed E-state index contributed by atoms with van der Waals surface area (Å²) in [5.74, 6) is -6.29. The van der Waals surface area contributed by atoms with E-state index in [0.717, 1.165) is 13.8 Å². The SMILES string of the molecule is CC(=O)N(OC(=O)c1ccccc1)[C@@H](CO)C(=O)O.CC(=O)N(OC(=O)c1ccccc1C)[C@@H](CO)C(=O)O. The van der Waals surface area contributed by atoms with Crippen molar-refractivity contribution in [1.82, 2.24) is 10.1 Å². The van der Waals surface area contributed by atoms with Gasteiger partial charge >= 0.3 is 23.9 Å². The highest BCUT2D eigenvalue weighted by atomic mass is 16.7. The number of carbonyl (C=O) groups is 6. The normalized spacial score (nSPS) is 11.5. The summed E-state index contributed by atoms with van der Waals surface area (Å²) in [6.07, 6.45) is 0. The summed E-state index contributed by atoms with van der Waals surface area (Å²) in [5.41, 5.74) is 0.994. The van der Waals surface area contributed by atoms with Crippen molar-refractivity contribution in [3.8, 4) is 0 Å². The molecule has 2 rings (SSSR count). The van der Waals surface area contributed by atoms with Gasteiger partial charge in [-0.15, -0.1) is 0 Å². The molecule has 0 spiro atoms. The molecule has 39 heavy (non-hydrogen) atoms. The maximum absolute atomic E-state index is 11.9. The molecular weight excluding hydrogens is 520 g/mol. The summed E-state index contributed by atoms with van der Waals surface area (Å²) in [4.78, 5) is 77.6. The number of benzene rings is 2. The molecule has 4 N–H and O–H groups in total. The summed E-state index contributed by atoms with van der Waals surface area (Å²) in [7, 11) is 0. The van der Waals surface area contributed by atoms with Crippen LogP contribution < -0.4 is 0 Å². The van der Waals surface area contributed by atoms with Gasteiger partial charge in [-0.05, 0) is 30.7 Å². The molecule has 0 radical (unpaired) electrons. The van der Waals surface area contributed by atoms with Gasteiger partial charge in [0.05, 0.1) is 24.3 Å². The quantitative estimate of drug-likeness (QED) is 0.331. The van der Waals surface area contributed by atoms with Crippen molar-refractivity contribution in [2.24, 2.45) is 0 Å². The second kappa shape index (κ2) is 15.4. The Morgan fingerprint density at radius 3 is 1.49 bits per heavy atom. The van der Waals surface area contributed by atoms with Crippen LogP contribution in [0.4, 0.5) is 0 Å². The standard InChI is InChI=1S/C13H15NO6.C12H13NO6/c1-8-5-3-4-6-10(8)13(19)20-14(9(2)16)11(7-15)12(17)18;1-8(15)13(10(7-14)11(16)17)19-12(18)9-5-3-2-4-6-9/h3-6,11,15H,7H2,1-2H3,(H,17,18);2-6,10,14H,7H2,1H3,(H,16,17)/t11-;10-/m00/s1. The Bertz CT molecular complexity index is 1180. The van der Waals surface area contributed by atoms with Crippen molar-refractivity contribution in [3.05, 3.63) is 71.3 Å². The van der Waals surface area contributed by atoms with E-state index in [4.69, 9.17) is 30.1 Å². The van der Waals surface area contributed by atoms with Crippen molar-refractivity contribution in [3.63, 3.8) is 0 Å². The first kappa shape index (κ1) is 32.2. The van der Waals surface area contributed by atoms with Crippen LogP contribution in [-0.2, 0) is 28.9 Å². The first-order valence-electron chi connectivity index (χ1n) is 11.2. The van der Waals surface area contributed by atoms with Crippen LogP contribution in [0.3, 0.4) is 0 Å². The van der Waals surface area contributed by atoms with Gasteiger partial charge < -0.3 is 30.1 Å². The zero-order valence-corrected chi connectivity index (χ0v) is 21.2. The zero-order chi connectivity index (χ0) is 29.7. The van der Waals surface area contributed by atoms with E-state index in [1.807, 2.05) is 0 Å². The Balaban J connectivity index is 0.000000391. The van der Waals surface area contributed by atoms with Gasteiger partial charge in [0.1, 0.15) is 0 Å². The molecule has 0 unspecified atom stereocenters. The van der Waals surface area contributed by atoms with Gasteiger partial charge in [-0.3, -0.25) is 9.59 Å². The highest BCUT2D eigenvalue weighted by molar-refractivity contribution is 5.92. The Morgan fingerprint density at radius 1 is 0.692 bits per heavy atom. The fraction of sp³-hybridized carbons (Fsp3) is 0.280. The van der Waals surface area contributed by atoms with Crippen LogP contribution in [0.2, 0.25) is 0 Å². The van der Waals surface area contributed by atoms with E-state index in [-0.39, 0.29) is 11.1 Å². The third-order valence-corrected chi connectivity index (χ3v) is 4.84. The van der Waals surface area contributed by atoms with E-state index in [2.05, 4.69) is 0 Å². The van der Waals surface area contributed by atoms with Crippen molar-refractivity contribution < 1.29 is 58.9 Å². The predicted molar refractivity (Wildman–Crippen MR) is 131 cm³/mol. The molecule has 0 aliphatic rings. The number of carboxylic acids is 2. The summed E-state index contributed by atoms with van der Waals surface area (Å²) < 4.78 is 0. The summed E-state index contributed by atoms with van der Waals surface area (Å²) in [5, 5.41) is 36.3. The molecule has 0 saturated heterocycles. The van der Waals surface area contributed by atoms with Crippen LogP contribution >= 0.6 is 0 Å². The lowest BCUT2D eigenvalue weighted by Crippen LogP contribution is -2.47. The lowest BCUT2D eigenvalue weighted by molar-refractivity contribution is -0.188. The lowest BCUT2D eigenvalue weighted by Gasteiger charge is -2.24. The van der Waals surface area contributed by atoms with Crippen LogP contribution in [0.15, 0.2) is 54.6 Å². The largest absolute Gasteiger partial charge is 0.480 e. The van der Waals surface area contributed by atoms with Crippen molar-refractivity contribution >= 4 is 35.7 Å². The van der Waals surface area contributed by atoms with E-state index in [9.17, 15) is 28.8 Å². The van der Waals surface area contributed by atoms with E-state index < -0.39 is 61.0 Å². The van der Waals surface area contributed by atoms with Crippen LogP contribution in [0.1, 0.15) is 40.1 Å². The summed E-state index contributed by atoms with van der Waals surface area (Å²) >= 11 is 0. The van der Waals surface area contributed by atoms with E-state index in [1.54, 1.807) is 43.3 Å². The van der Waals surface area contributed by atoms with Crippen molar-refractivity contribution in [1.29, 1.82) is 0 Å². The highest BCUT2D eigenvalue weighted by Gasteiger charge is 2.32. The molecule has 0 aromatic heterocycles. The number of nitrogens with zero attached hydrogens (tertiary/aromatic N) is 2. The molecule has 14 heteroatoms. The minimum absolute atomic E-state index is 0.163. The number of hydroxylamine groups is 4. The highest BCUT2D eigenvalue weighted by Crippen LogP contribution is 2.12. The number of aliphatic carboxylic acids is 2. The van der Waals surface area contributed by atoms with E-state index >= 15 is 0 Å². The average Bonchev–Trinajstić information content (AvgIpc) is 2.88. The minimum atomic E-state index is -1.64. The van der Waals surface area contributed by atoms with Gasteiger partial charge in [0.2, 0.25) is 0 Å². The van der Waals surface area contributed by atoms with Crippen molar-refractivity contribution in [2.45, 2.75) is 32.9 Å². The number of hydrogen-bond donors (Lipinski definition) is 4.